The molecule has 0 radical (unpaired) electrons. The lowest BCUT2D eigenvalue weighted by molar-refractivity contribution is 0.274. The molecule has 1 N–H and O–H groups in total. The van der Waals surface area contributed by atoms with Crippen molar-refractivity contribution in [3.05, 3.63) is 48.0 Å². The van der Waals surface area contributed by atoms with Crippen molar-refractivity contribution in [2.75, 3.05) is 26.1 Å². The first kappa shape index (κ1) is 13.6. The molecule has 110 valence electrons. The first-order valence-electron chi connectivity index (χ1n) is 7.02. The number of benzene rings is 2. The van der Waals surface area contributed by atoms with Crippen molar-refractivity contribution >= 4 is 5.69 Å². The lowest BCUT2D eigenvalue weighted by atomic mass is 10.0. The van der Waals surface area contributed by atoms with Crippen molar-refractivity contribution < 1.29 is 14.2 Å². The van der Waals surface area contributed by atoms with Crippen LogP contribution >= 0.6 is 0 Å². The molecule has 1 atom stereocenters. The second-order valence-corrected chi connectivity index (χ2v) is 4.94. The molecule has 1 aliphatic heterocycles. The molecule has 1 aliphatic rings. The van der Waals surface area contributed by atoms with E-state index in [2.05, 4.69) is 11.4 Å². The number of ether oxygens (including phenoxy) is 3. The molecular weight excluding hydrogens is 266 g/mol. The Morgan fingerprint density at radius 2 is 1.86 bits per heavy atom. The van der Waals surface area contributed by atoms with E-state index in [0.717, 1.165) is 36.0 Å². The molecular formula is C17H19NO3. The minimum absolute atomic E-state index is 0.244. The summed E-state index contributed by atoms with van der Waals surface area (Å²) in [7, 11) is 3.28. The molecule has 0 aliphatic carbocycles. The molecule has 21 heavy (non-hydrogen) atoms. The summed E-state index contributed by atoms with van der Waals surface area (Å²) in [5.41, 5.74) is 2.20. The number of hydrogen-bond donors (Lipinski definition) is 1. The molecule has 0 amide bonds. The number of anilines is 1. The van der Waals surface area contributed by atoms with Crippen LogP contribution in [0.1, 0.15) is 18.0 Å². The first-order chi connectivity index (χ1) is 10.3. The molecule has 0 aromatic heterocycles. The Balaban J connectivity index is 1.85. The van der Waals surface area contributed by atoms with Gasteiger partial charge in [-0.3, -0.25) is 0 Å². The highest BCUT2D eigenvalue weighted by molar-refractivity contribution is 5.56. The zero-order valence-corrected chi connectivity index (χ0v) is 12.3. The summed E-state index contributed by atoms with van der Waals surface area (Å²) in [5, 5.41) is 3.55. The maximum Gasteiger partial charge on any atom is 0.162 e. The summed E-state index contributed by atoms with van der Waals surface area (Å²) in [6, 6.07) is 14.3. The SMILES string of the molecule is COc1ccc(NC2CCOc3ccccc32)cc1OC. The van der Waals surface area contributed by atoms with Crippen molar-refractivity contribution in [3.8, 4) is 17.2 Å². The largest absolute Gasteiger partial charge is 0.493 e. The molecule has 4 heteroatoms. The van der Waals surface area contributed by atoms with Crippen molar-refractivity contribution in [1.82, 2.24) is 0 Å². The topological polar surface area (TPSA) is 39.7 Å². The average molecular weight is 285 g/mol. The average Bonchev–Trinajstić information content (AvgIpc) is 2.55. The third-order valence-corrected chi connectivity index (χ3v) is 3.68. The van der Waals surface area contributed by atoms with E-state index in [-0.39, 0.29) is 6.04 Å². The first-order valence-corrected chi connectivity index (χ1v) is 7.02. The fraction of sp³-hybridized carbons (Fsp3) is 0.294. The van der Waals surface area contributed by atoms with E-state index < -0.39 is 0 Å². The molecule has 0 saturated heterocycles. The predicted molar refractivity (Wildman–Crippen MR) is 82.5 cm³/mol. The van der Waals surface area contributed by atoms with Gasteiger partial charge in [0.15, 0.2) is 11.5 Å². The van der Waals surface area contributed by atoms with Crippen LogP contribution in [0.15, 0.2) is 42.5 Å². The molecule has 2 aromatic rings. The van der Waals surface area contributed by atoms with Crippen molar-refractivity contribution in [1.29, 1.82) is 0 Å². The standard InChI is InChI=1S/C17H19NO3/c1-19-16-8-7-12(11-17(16)20-2)18-14-9-10-21-15-6-4-3-5-13(14)15/h3-8,11,14,18H,9-10H2,1-2H3. The van der Waals surface area contributed by atoms with E-state index in [4.69, 9.17) is 14.2 Å². The lowest BCUT2D eigenvalue weighted by Gasteiger charge is -2.27. The van der Waals surface area contributed by atoms with Crippen LogP contribution in [0, 0.1) is 0 Å². The Labute approximate surface area is 124 Å². The summed E-state index contributed by atoms with van der Waals surface area (Å²) < 4.78 is 16.3. The van der Waals surface area contributed by atoms with Gasteiger partial charge in [-0.15, -0.1) is 0 Å². The molecule has 2 aromatic carbocycles. The summed E-state index contributed by atoms with van der Waals surface area (Å²) in [6.45, 7) is 0.724. The van der Waals surface area contributed by atoms with Gasteiger partial charge in [-0.2, -0.15) is 0 Å². The zero-order valence-electron chi connectivity index (χ0n) is 12.3. The second-order valence-electron chi connectivity index (χ2n) is 4.94. The highest BCUT2D eigenvalue weighted by Gasteiger charge is 2.21. The van der Waals surface area contributed by atoms with Gasteiger partial charge in [0.25, 0.3) is 0 Å². The molecule has 0 saturated carbocycles. The predicted octanol–water partition coefficient (Wildman–Crippen LogP) is 3.64. The monoisotopic (exact) mass is 285 g/mol. The van der Waals surface area contributed by atoms with E-state index in [1.54, 1.807) is 14.2 Å². The number of methoxy groups -OCH3 is 2. The highest BCUT2D eigenvalue weighted by Crippen LogP contribution is 2.36. The van der Waals surface area contributed by atoms with Crippen LogP contribution in [0.2, 0.25) is 0 Å². The van der Waals surface area contributed by atoms with Gasteiger partial charge in [-0.05, 0) is 18.2 Å². The molecule has 1 heterocycles. The minimum Gasteiger partial charge on any atom is -0.493 e. The van der Waals surface area contributed by atoms with E-state index in [9.17, 15) is 0 Å². The van der Waals surface area contributed by atoms with Crippen LogP contribution in [0.5, 0.6) is 17.2 Å². The highest BCUT2D eigenvalue weighted by atomic mass is 16.5. The summed E-state index contributed by atoms with van der Waals surface area (Å²) >= 11 is 0. The fourth-order valence-electron chi connectivity index (χ4n) is 2.62. The maximum absolute atomic E-state index is 5.69. The van der Waals surface area contributed by atoms with Crippen LogP contribution in [0.3, 0.4) is 0 Å². The Bertz CT molecular complexity index is 627. The quantitative estimate of drug-likeness (QED) is 0.931. The molecule has 3 rings (SSSR count). The smallest absolute Gasteiger partial charge is 0.162 e. The summed E-state index contributed by atoms with van der Waals surface area (Å²) in [4.78, 5) is 0. The minimum atomic E-state index is 0.244. The Hall–Kier alpha value is -2.36. The molecule has 4 nitrogen and oxygen atoms in total. The van der Waals surface area contributed by atoms with Crippen molar-refractivity contribution in [2.45, 2.75) is 12.5 Å². The van der Waals surface area contributed by atoms with Gasteiger partial charge >= 0.3 is 0 Å². The Kier molecular flexibility index (Phi) is 3.86. The van der Waals surface area contributed by atoms with Crippen LogP contribution in [-0.2, 0) is 0 Å². The number of hydrogen-bond acceptors (Lipinski definition) is 4. The van der Waals surface area contributed by atoms with Gasteiger partial charge in [0.1, 0.15) is 5.75 Å². The second kappa shape index (κ2) is 5.95. The van der Waals surface area contributed by atoms with Crippen molar-refractivity contribution in [3.63, 3.8) is 0 Å². The lowest BCUT2D eigenvalue weighted by Crippen LogP contribution is -2.20. The summed E-state index contributed by atoms with van der Waals surface area (Å²) in [5.74, 6) is 2.42. The Morgan fingerprint density at radius 3 is 2.67 bits per heavy atom. The third kappa shape index (κ3) is 2.75. The van der Waals surface area contributed by atoms with Gasteiger partial charge in [-0.1, -0.05) is 18.2 Å². The number of rotatable bonds is 4. The van der Waals surface area contributed by atoms with E-state index in [1.807, 2.05) is 36.4 Å². The Morgan fingerprint density at radius 1 is 1.05 bits per heavy atom. The van der Waals surface area contributed by atoms with Crippen LogP contribution in [0.25, 0.3) is 0 Å². The third-order valence-electron chi connectivity index (χ3n) is 3.68. The maximum atomic E-state index is 5.69. The van der Waals surface area contributed by atoms with Crippen LogP contribution < -0.4 is 19.5 Å². The van der Waals surface area contributed by atoms with Crippen LogP contribution in [0.4, 0.5) is 5.69 Å². The summed E-state index contributed by atoms with van der Waals surface area (Å²) in [6.07, 6.45) is 0.936. The number of nitrogens with one attached hydrogen (secondary N) is 1. The van der Waals surface area contributed by atoms with Gasteiger partial charge in [0.05, 0.1) is 26.9 Å². The zero-order chi connectivity index (χ0) is 14.7. The van der Waals surface area contributed by atoms with Gasteiger partial charge in [-0.25, -0.2) is 0 Å². The fourth-order valence-corrected chi connectivity index (χ4v) is 2.62. The van der Waals surface area contributed by atoms with Gasteiger partial charge < -0.3 is 19.5 Å². The molecule has 1 unspecified atom stereocenters. The van der Waals surface area contributed by atoms with E-state index >= 15 is 0 Å². The van der Waals surface area contributed by atoms with Gasteiger partial charge in [0, 0.05) is 23.7 Å². The normalized spacial score (nSPS) is 16.6. The van der Waals surface area contributed by atoms with Crippen molar-refractivity contribution in [2.24, 2.45) is 0 Å². The van der Waals surface area contributed by atoms with E-state index in [0.29, 0.717) is 0 Å². The molecule has 0 bridgehead atoms. The van der Waals surface area contributed by atoms with E-state index in [1.165, 1.54) is 5.56 Å². The number of para-hydroxylation sites is 1. The molecule has 0 spiro atoms. The molecule has 0 fully saturated rings. The van der Waals surface area contributed by atoms with Crippen LogP contribution in [-0.4, -0.2) is 20.8 Å². The number of fused-ring (bicyclic) bond motifs is 1. The van der Waals surface area contributed by atoms with Gasteiger partial charge in [0.2, 0.25) is 0 Å².